The summed E-state index contributed by atoms with van der Waals surface area (Å²) in [4.78, 5) is 25.8. The third-order valence-corrected chi connectivity index (χ3v) is 5.97. The first-order valence-corrected chi connectivity index (χ1v) is 10.1. The smallest absolute Gasteiger partial charge is 0.225 e. The molecule has 0 spiro atoms. The largest absolute Gasteiger partial charge is 0.493 e. The van der Waals surface area contributed by atoms with E-state index >= 15 is 0 Å². The lowest BCUT2D eigenvalue weighted by Crippen LogP contribution is -2.38. The van der Waals surface area contributed by atoms with E-state index < -0.39 is 5.92 Å². The molecule has 0 fully saturated rings. The predicted molar refractivity (Wildman–Crippen MR) is 112 cm³/mol. The lowest BCUT2D eigenvalue weighted by molar-refractivity contribution is -0.122. The van der Waals surface area contributed by atoms with Gasteiger partial charge in [0.15, 0.2) is 17.3 Å². The van der Waals surface area contributed by atoms with Gasteiger partial charge in [-0.25, -0.2) is 4.39 Å². The zero-order valence-corrected chi connectivity index (χ0v) is 17.7. The van der Waals surface area contributed by atoms with E-state index in [-0.39, 0.29) is 29.8 Å². The fourth-order valence-electron chi connectivity index (χ4n) is 4.52. The van der Waals surface area contributed by atoms with Gasteiger partial charge in [-0.05, 0) is 47.7 Å². The first-order valence-electron chi connectivity index (χ1n) is 10.1. The van der Waals surface area contributed by atoms with Gasteiger partial charge in [0.25, 0.3) is 0 Å². The molecule has 31 heavy (non-hydrogen) atoms. The summed E-state index contributed by atoms with van der Waals surface area (Å²) in [6.45, 7) is 0. The fourth-order valence-corrected chi connectivity index (χ4v) is 4.52. The van der Waals surface area contributed by atoms with Crippen molar-refractivity contribution in [2.24, 2.45) is 0 Å². The van der Waals surface area contributed by atoms with E-state index in [9.17, 15) is 14.0 Å². The normalized spacial score (nSPS) is 20.8. The van der Waals surface area contributed by atoms with Crippen molar-refractivity contribution in [1.29, 1.82) is 0 Å². The second-order valence-electron chi connectivity index (χ2n) is 7.74. The molecule has 162 valence electrons. The molecule has 2 aromatic rings. The van der Waals surface area contributed by atoms with Crippen LogP contribution < -0.4 is 19.5 Å². The summed E-state index contributed by atoms with van der Waals surface area (Å²) < 4.78 is 29.6. The molecule has 4 rings (SSSR count). The molecule has 0 unspecified atom stereocenters. The van der Waals surface area contributed by atoms with Gasteiger partial charge in [-0.3, -0.25) is 9.59 Å². The summed E-state index contributed by atoms with van der Waals surface area (Å²) in [5, 5.41) is 2.90. The zero-order chi connectivity index (χ0) is 22.1. The number of benzene rings is 2. The van der Waals surface area contributed by atoms with Crippen LogP contribution >= 0.6 is 0 Å². The SMILES string of the molecule is COc1cc([C@@H]2CC(=O)NC3=C2C(=O)C[C@H](c2ccc(F)cc2)C3)cc(OC)c1OC. The van der Waals surface area contributed by atoms with Crippen LogP contribution in [0.25, 0.3) is 0 Å². The molecule has 0 radical (unpaired) electrons. The Balaban J connectivity index is 1.75. The van der Waals surface area contributed by atoms with Crippen molar-refractivity contribution in [3.05, 3.63) is 64.6 Å². The highest BCUT2D eigenvalue weighted by atomic mass is 19.1. The lowest BCUT2D eigenvalue weighted by atomic mass is 9.73. The number of rotatable bonds is 5. The van der Waals surface area contributed by atoms with Gasteiger partial charge < -0.3 is 19.5 Å². The summed E-state index contributed by atoms with van der Waals surface area (Å²) in [5.41, 5.74) is 2.89. The summed E-state index contributed by atoms with van der Waals surface area (Å²) in [5.74, 6) is 0.396. The number of ketones is 1. The summed E-state index contributed by atoms with van der Waals surface area (Å²) in [7, 11) is 4.58. The van der Waals surface area contributed by atoms with Crippen molar-refractivity contribution in [1.82, 2.24) is 5.32 Å². The maximum Gasteiger partial charge on any atom is 0.225 e. The zero-order valence-electron chi connectivity index (χ0n) is 17.7. The molecule has 0 saturated carbocycles. The van der Waals surface area contributed by atoms with Crippen molar-refractivity contribution >= 4 is 11.7 Å². The highest BCUT2D eigenvalue weighted by molar-refractivity contribution is 6.02. The Kier molecular flexibility index (Phi) is 5.67. The van der Waals surface area contributed by atoms with E-state index in [4.69, 9.17) is 14.2 Å². The minimum atomic E-state index is -0.404. The van der Waals surface area contributed by atoms with Gasteiger partial charge >= 0.3 is 0 Å². The Bertz CT molecular complexity index is 1040. The highest BCUT2D eigenvalue weighted by Gasteiger charge is 2.38. The molecule has 0 aromatic heterocycles. The third-order valence-electron chi connectivity index (χ3n) is 5.97. The number of carbonyl (C=O) groups excluding carboxylic acids is 2. The Labute approximate surface area is 180 Å². The van der Waals surface area contributed by atoms with Crippen molar-refractivity contribution in [2.45, 2.75) is 31.1 Å². The quantitative estimate of drug-likeness (QED) is 0.788. The number of carbonyl (C=O) groups is 2. The van der Waals surface area contributed by atoms with Crippen LogP contribution in [0.3, 0.4) is 0 Å². The minimum Gasteiger partial charge on any atom is -0.493 e. The number of amides is 1. The number of hydrogen-bond acceptors (Lipinski definition) is 5. The van der Waals surface area contributed by atoms with E-state index in [0.717, 1.165) is 11.1 Å². The van der Waals surface area contributed by atoms with Crippen LogP contribution in [0.1, 0.15) is 42.2 Å². The summed E-state index contributed by atoms with van der Waals surface area (Å²) >= 11 is 0. The topological polar surface area (TPSA) is 73.9 Å². The molecule has 2 atom stereocenters. The molecule has 1 aliphatic heterocycles. The number of ether oxygens (including phenoxy) is 3. The van der Waals surface area contributed by atoms with Gasteiger partial charge in [-0.15, -0.1) is 0 Å². The summed E-state index contributed by atoms with van der Waals surface area (Å²) in [6, 6.07) is 9.74. The average molecular weight is 425 g/mol. The Morgan fingerprint density at radius 2 is 1.52 bits per heavy atom. The maximum absolute atomic E-state index is 13.3. The lowest BCUT2D eigenvalue weighted by Gasteiger charge is -2.34. The molecule has 1 aliphatic carbocycles. The molecule has 0 saturated heterocycles. The van der Waals surface area contributed by atoms with Crippen LogP contribution in [0.4, 0.5) is 4.39 Å². The molecule has 0 bridgehead atoms. The van der Waals surface area contributed by atoms with E-state index in [2.05, 4.69) is 5.32 Å². The van der Waals surface area contributed by atoms with Gasteiger partial charge in [0.1, 0.15) is 5.82 Å². The van der Waals surface area contributed by atoms with Crippen LogP contribution in [0.15, 0.2) is 47.7 Å². The Morgan fingerprint density at radius 3 is 2.10 bits per heavy atom. The van der Waals surface area contributed by atoms with E-state index in [0.29, 0.717) is 41.4 Å². The first kappa shape index (κ1) is 20.9. The maximum atomic E-state index is 13.3. The molecule has 1 heterocycles. The van der Waals surface area contributed by atoms with Crippen molar-refractivity contribution in [2.75, 3.05) is 21.3 Å². The molecular weight excluding hydrogens is 401 g/mol. The highest BCUT2D eigenvalue weighted by Crippen LogP contribution is 2.46. The molecule has 2 aromatic carbocycles. The van der Waals surface area contributed by atoms with Gasteiger partial charge in [0.2, 0.25) is 11.7 Å². The third kappa shape index (κ3) is 3.87. The predicted octanol–water partition coefficient (Wildman–Crippen LogP) is 3.86. The van der Waals surface area contributed by atoms with Crippen molar-refractivity contribution in [3.8, 4) is 17.2 Å². The van der Waals surface area contributed by atoms with Crippen LogP contribution in [0.5, 0.6) is 17.2 Å². The molecule has 6 nitrogen and oxygen atoms in total. The molecule has 1 amide bonds. The second kappa shape index (κ2) is 8.41. The van der Waals surface area contributed by atoms with Gasteiger partial charge in [0, 0.05) is 30.0 Å². The second-order valence-corrected chi connectivity index (χ2v) is 7.74. The van der Waals surface area contributed by atoms with Gasteiger partial charge in [-0.2, -0.15) is 0 Å². The van der Waals surface area contributed by atoms with E-state index in [1.165, 1.54) is 33.5 Å². The Morgan fingerprint density at radius 1 is 0.871 bits per heavy atom. The van der Waals surface area contributed by atoms with Crippen LogP contribution in [0.2, 0.25) is 0 Å². The number of hydrogen-bond donors (Lipinski definition) is 1. The van der Waals surface area contributed by atoms with Crippen LogP contribution in [-0.2, 0) is 9.59 Å². The summed E-state index contributed by atoms with van der Waals surface area (Å²) in [6.07, 6.45) is 0.977. The van der Waals surface area contributed by atoms with E-state index in [1.54, 1.807) is 24.3 Å². The van der Waals surface area contributed by atoms with Gasteiger partial charge in [0.05, 0.1) is 21.3 Å². The first-order chi connectivity index (χ1) is 14.9. The van der Waals surface area contributed by atoms with E-state index in [1.807, 2.05) is 0 Å². The number of methoxy groups -OCH3 is 3. The Hall–Kier alpha value is -3.35. The molecule has 2 aliphatic rings. The number of Topliss-reactive ketones (excluding diaryl/α,β-unsaturated/α-hetero) is 1. The standard InChI is InChI=1S/C24H24FNO5/c1-29-20-10-15(11-21(30-2)24(20)31-3)17-12-22(28)26-18-8-14(9-19(27)23(17)18)13-4-6-16(25)7-5-13/h4-7,10-11,14,17H,8-9,12H2,1-3H3,(H,26,28)/t14-,17+/m1/s1. The minimum absolute atomic E-state index is 0.0191. The van der Waals surface area contributed by atoms with Gasteiger partial charge in [-0.1, -0.05) is 12.1 Å². The fraction of sp³-hybridized carbons (Fsp3) is 0.333. The van der Waals surface area contributed by atoms with Crippen molar-refractivity contribution < 1.29 is 28.2 Å². The molecular formula is C24H24FNO5. The van der Waals surface area contributed by atoms with Crippen LogP contribution in [0, 0.1) is 5.82 Å². The number of halogens is 1. The molecule has 7 heteroatoms. The number of allylic oxidation sites excluding steroid dienone is 2. The monoisotopic (exact) mass is 425 g/mol. The number of nitrogens with one attached hydrogen (secondary N) is 1. The van der Waals surface area contributed by atoms with Crippen molar-refractivity contribution in [3.63, 3.8) is 0 Å². The molecule has 1 N–H and O–H groups in total. The van der Waals surface area contributed by atoms with Crippen LogP contribution in [-0.4, -0.2) is 33.0 Å². The average Bonchev–Trinajstić information content (AvgIpc) is 2.77.